The van der Waals surface area contributed by atoms with E-state index in [1.54, 1.807) is 12.1 Å². The standard InChI is InChI=1S/C18H16N4O2/c1-2-11-24-16-14(13-7-4-3-5-8-13)9-6-10-15(16)22-18(17(19)23)20-12-21-22/h2-10,12H,1,11H2,(H2,19,23). The van der Waals surface area contributed by atoms with Crippen LogP contribution in [0.3, 0.4) is 0 Å². The lowest BCUT2D eigenvalue weighted by Crippen LogP contribution is -2.18. The highest BCUT2D eigenvalue weighted by atomic mass is 16.5. The first-order chi connectivity index (χ1) is 11.7. The summed E-state index contributed by atoms with van der Waals surface area (Å²) in [7, 11) is 0. The van der Waals surface area contributed by atoms with Crippen LogP contribution in [0.2, 0.25) is 0 Å². The number of carbonyl (C=O) groups excluding carboxylic acids is 1. The van der Waals surface area contributed by atoms with Gasteiger partial charge in [-0.15, -0.1) is 0 Å². The number of ether oxygens (including phenoxy) is 1. The second-order valence-corrected chi connectivity index (χ2v) is 4.98. The van der Waals surface area contributed by atoms with E-state index < -0.39 is 5.91 Å². The normalized spacial score (nSPS) is 10.3. The molecule has 6 heteroatoms. The zero-order chi connectivity index (χ0) is 16.9. The minimum Gasteiger partial charge on any atom is -0.487 e. The van der Waals surface area contributed by atoms with E-state index in [4.69, 9.17) is 10.5 Å². The van der Waals surface area contributed by atoms with Crippen LogP contribution in [-0.4, -0.2) is 27.3 Å². The van der Waals surface area contributed by atoms with E-state index in [0.717, 1.165) is 11.1 Å². The average molecular weight is 320 g/mol. The number of amides is 1. The smallest absolute Gasteiger partial charge is 0.286 e. The first-order valence-electron chi connectivity index (χ1n) is 7.34. The van der Waals surface area contributed by atoms with Crippen molar-refractivity contribution in [3.8, 4) is 22.6 Å². The van der Waals surface area contributed by atoms with Crippen LogP contribution < -0.4 is 10.5 Å². The largest absolute Gasteiger partial charge is 0.487 e. The second kappa shape index (κ2) is 6.78. The number of rotatable bonds is 6. The number of benzene rings is 2. The third kappa shape index (κ3) is 2.89. The van der Waals surface area contributed by atoms with E-state index >= 15 is 0 Å². The molecule has 2 aromatic carbocycles. The summed E-state index contributed by atoms with van der Waals surface area (Å²) in [6, 6.07) is 15.4. The van der Waals surface area contributed by atoms with Crippen LogP contribution in [-0.2, 0) is 0 Å². The van der Waals surface area contributed by atoms with Gasteiger partial charge in [-0.25, -0.2) is 9.67 Å². The molecule has 1 amide bonds. The molecule has 1 heterocycles. The SMILES string of the molecule is C=CCOc1c(-c2ccccc2)cccc1-n1ncnc1C(N)=O. The van der Waals surface area contributed by atoms with Crippen LogP contribution in [0, 0.1) is 0 Å². The zero-order valence-corrected chi connectivity index (χ0v) is 12.9. The maximum Gasteiger partial charge on any atom is 0.286 e. The molecule has 0 aliphatic heterocycles. The van der Waals surface area contributed by atoms with Crippen molar-refractivity contribution < 1.29 is 9.53 Å². The molecule has 0 spiro atoms. The molecule has 0 radical (unpaired) electrons. The van der Waals surface area contributed by atoms with Crippen LogP contribution in [0.4, 0.5) is 0 Å². The van der Waals surface area contributed by atoms with Gasteiger partial charge in [-0.2, -0.15) is 5.10 Å². The predicted molar refractivity (Wildman–Crippen MR) is 91.0 cm³/mol. The fourth-order valence-electron chi connectivity index (χ4n) is 2.42. The van der Waals surface area contributed by atoms with E-state index in [9.17, 15) is 4.79 Å². The van der Waals surface area contributed by atoms with Gasteiger partial charge in [0.1, 0.15) is 18.6 Å². The number of hydrogen-bond acceptors (Lipinski definition) is 4. The van der Waals surface area contributed by atoms with Gasteiger partial charge < -0.3 is 10.5 Å². The van der Waals surface area contributed by atoms with Crippen molar-refractivity contribution in [1.29, 1.82) is 0 Å². The van der Waals surface area contributed by atoms with Crippen LogP contribution in [0.5, 0.6) is 5.75 Å². The number of para-hydroxylation sites is 1. The van der Waals surface area contributed by atoms with Gasteiger partial charge in [0.15, 0.2) is 5.75 Å². The lowest BCUT2D eigenvalue weighted by atomic mass is 10.0. The van der Waals surface area contributed by atoms with Crippen molar-refractivity contribution in [2.24, 2.45) is 5.73 Å². The Bertz CT molecular complexity index is 872. The molecule has 0 unspecified atom stereocenters. The Kier molecular flexibility index (Phi) is 4.38. The molecule has 0 saturated carbocycles. The van der Waals surface area contributed by atoms with Crippen molar-refractivity contribution in [2.75, 3.05) is 6.61 Å². The average Bonchev–Trinajstić information content (AvgIpc) is 3.10. The Balaban J connectivity index is 2.21. The fourth-order valence-corrected chi connectivity index (χ4v) is 2.42. The predicted octanol–water partition coefficient (Wildman–Crippen LogP) is 2.60. The van der Waals surface area contributed by atoms with Crippen LogP contribution >= 0.6 is 0 Å². The Hall–Kier alpha value is -3.41. The summed E-state index contributed by atoms with van der Waals surface area (Å²) in [5.74, 6) is -0.0347. The Morgan fingerprint density at radius 3 is 2.71 bits per heavy atom. The Morgan fingerprint density at radius 1 is 1.21 bits per heavy atom. The van der Waals surface area contributed by atoms with E-state index in [2.05, 4.69) is 16.7 Å². The van der Waals surface area contributed by atoms with E-state index in [-0.39, 0.29) is 5.82 Å². The van der Waals surface area contributed by atoms with E-state index in [0.29, 0.717) is 18.0 Å². The Labute approximate surface area is 139 Å². The maximum atomic E-state index is 11.6. The summed E-state index contributed by atoms with van der Waals surface area (Å²) >= 11 is 0. The quantitative estimate of drug-likeness (QED) is 0.708. The summed E-state index contributed by atoms with van der Waals surface area (Å²) < 4.78 is 7.25. The molecular weight excluding hydrogens is 304 g/mol. The third-order valence-corrected chi connectivity index (χ3v) is 3.42. The number of hydrogen-bond donors (Lipinski definition) is 1. The highest BCUT2D eigenvalue weighted by Crippen LogP contribution is 2.35. The molecule has 0 saturated heterocycles. The molecule has 0 aliphatic rings. The number of nitrogens with zero attached hydrogens (tertiary/aromatic N) is 3. The minimum absolute atomic E-state index is 0.0451. The van der Waals surface area contributed by atoms with Crippen molar-refractivity contribution in [2.45, 2.75) is 0 Å². The molecule has 120 valence electrons. The summed E-state index contributed by atoms with van der Waals surface area (Å²) in [6.07, 6.45) is 2.94. The molecule has 0 atom stereocenters. The number of primary amides is 1. The summed E-state index contributed by atoms with van der Waals surface area (Å²) in [4.78, 5) is 15.5. The topological polar surface area (TPSA) is 83.0 Å². The van der Waals surface area contributed by atoms with Crippen LogP contribution in [0.15, 0.2) is 67.5 Å². The van der Waals surface area contributed by atoms with Gasteiger partial charge in [-0.1, -0.05) is 55.1 Å². The number of nitrogens with two attached hydrogens (primary N) is 1. The summed E-state index contributed by atoms with van der Waals surface area (Å²) in [6.45, 7) is 4.00. The molecule has 6 nitrogen and oxygen atoms in total. The van der Waals surface area contributed by atoms with Gasteiger partial charge in [-0.05, 0) is 11.6 Å². The maximum absolute atomic E-state index is 11.6. The molecule has 24 heavy (non-hydrogen) atoms. The monoisotopic (exact) mass is 320 g/mol. The third-order valence-electron chi connectivity index (χ3n) is 3.42. The Morgan fingerprint density at radius 2 is 2.00 bits per heavy atom. The van der Waals surface area contributed by atoms with Gasteiger partial charge in [-0.3, -0.25) is 4.79 Å². The van der Waals surface area contributed by atoms with Gasteiger partial charge >= 0.3 is 0 Å². The van der Waals surface area contributed by atoms with Crippen molar-refractivity contribution in [3.63, 3.8) is 0 Å². The van der Waals surface area contributed by atoms with Gasteiger partial charge in [0.05, 0.1) is 0 Å². The molecule has 1 aromatic heterocycles. The molecule has 3 rings (SSSR count). The van der Waals surface area contributed by atoms with Crippen LogP contribution in [0.1, 0.15) is 10.6 Å². The number of aromatic nitrogens is 3. The fraction of sp³-hybridized carbons (Fsp3) is 0.0556. The zero-order valence-electron chi connectivity index (χ0n) is 12.9. The van der Waals surface area contributed by atoms with Crippen molar-refractivity contribution in [1.82, 2.24) is 14.8 Å². The van der Waals surface area contributed by atoms with Crippen LogP contribution in [0.25, 0.3) is 16.8 Å². The minimum atomic E-state index is -0.660. The van der Waals surface area contributed by atoms with Gasteiger partial charge in [0, 0.05) is 5.56 Å². The van der Waals surface area contributed by atoms with E-state index in [1.807, 2.05) is 42.5 Å². The van der Waals surface area contributed by atoms with Gasteiger partial charge in [0.25, 0.3) is 5.91 Å². The molecule has 3 aromatic rings. The van der Waals surface area contributed by atoms with Gasteiger partial charge in [0.2, 0.25) is 5.82 Å². The van der Waals surface area contributed by atoms with Crippen molar-refractivity contribution in [3.05, 3.63) is 73.3 Å². The summed E-state index contributed by atoms with van der Waals surface area (Å²) in [5.41, 5.74) is 7.83. The molecule has 0 bridgehead atoms. The molecule has 0 fully saturated rings. The van der Waals surface area contributed by atoms with Crippen molar-refractivity contribution >= 4 is 5.91 Å². The molecule has 0 aliphatic carbocycles. The first-order valence-corrected chi connectivity index (χ1v) is 7.34. The lowest BCUT2D eigenvalue weighted by molar-refractivity contribution is 0.0988. The van der Waals surface area contributed by atoms with E-state index in [1.165, 1.54) is 11.0 Å². The molecule has 2 N–H and O–H groups in total. The summed E-state index contributed by atoms with van der Waals surface area (Å²) in [5, 5.41) is 4.11. The number of carbonyl (C=O) groups is 1. The lowest BCUT2D eigenvalue weighted by Gasteiger charge is -2.16. The highest BCUT2D eigenvalue weighted by Gasteiger charge is 2.18. The second-order valence-electron chi connectivity index (χ2n) is 4.98. The first kappa shape index (κ1) is 15.5. The highest BCUT2D eigenvalue weighted by molar-refractivity contribution is 5.90. The molecular formula is C18H16N4O2.